The molecular weight excluding hydrogens is 294 g/mol. The molecule has 4 rings (SSSR count). The van der Waals surface area contributed by atoms with Gasteiger partial charge in [0.15, 0.2) is 0 Å². The quantitative estimate of drug-likeness (QED) is 0.636. The van der Waals surface area contributed by atoms with Gasteiger partial charge in [0.1, 0.15) is 5.69 Å². The highest BCUT2D eigenvalue weighted by Gasteiger charge is 2.27. The van der Waals surface area contributed by atoms with E-state index in [1.165, 1.54) is 0 Å². The van der Waals surface area contributed by atoms with Crippen molar-refractivity contribution in [1.29, 1.82) is 0 Å². The zero-order valence-electron chi connectivity index (χ0n) is 12.5. The zero-order chi connectivity index (χ0) is 16.0. The number of fused-ring (bicyclic) bond motifs is 5. The molecule has 0 unspecified atom stereocenters. The van der Waals surface area contributed by atoms with Gasteiger partial charge in [-0.3, -0.25) is 4.79 Å². The van der Waals surface area contributed by atoms with Crippen molar-refractivity contribution in [2.45, 2.75) is 13.5 Å². The van der Waals surface area contributed by atoms with Crippen LogP contribution < -0.4 is 5.32 Å². The highest BCUT2D eigenvalue weighted by molar-refractivity contribution is 6.13. The molecule has 0 radical (unpaired) electrons. The molecular formula is C17H15N3O3. The highest BCUT2D eigenvalue weighted by Crippen LogP contribution is 2.34. The van der Waals surface area contributed by atoms with E-state index in [9.17, 15) is 9.59 Å². The van der Waals surface area contributed by atoms with Gasteiger partial charge in [-0.15, -0.1) is 0 Å². The number of benzene rings is 1. The molecule has 1 aliphatic rings. The summed E-state index contributed by atoms with van der Waals surface area (Å²) in [6.07, 6.45) is 0. The molecule has 6 heteroatoms. The van der Waals surface area contributed by atoms with Crippen LogP contribution in [0, 0.1) is 0 Å². The highest BCUT2D eigenvalue weighted by atomic mass is 16.5. The van der Waals surface area contributed by atoms with E-state index in [-0.39, 0.29) is 5.91 Å². The van der Waals surface area contributed by atoms with Crippen molar-refractivity contribution in [1.82, 2.24) is 15.3 Å². The summed E-state index contributed by atoms with van der Waals surface area (Å²) in [7, 11) is 0. The van der Waals surface area contributed by atoms with E-state index >= 15 is 0 Å². The molecule has 1 aliphatic heterocycles. The van der Waals surface area contributed by atoms with Crippen molar-refractivity contribution in [3.05, 3.63) is 47.2 Å². The number of amides is 1. The largest absolute Gasteiger partial charge is 0.461 e. The third-order valence-electron chi connectivity index (χ3n) is 4.02. The van der Waals surface area contributed by atoms with Gasteiger partial charge < -0.3 is 20.0 Å². The van der Waals surface area contributed by atoms with E-state index in [2.05, 4.69) is 15.3 Å². The maximum absolute atomic E-state index is 12.4. The summed E-state index contributed by atoms with van der Waals surface area (Å²) in [4.78, 5) is 30.8. The molecule has 0 fully saturated rings. The Hall–Kier alpha value is -3.02. The Kier molecular flexibility index (Phi) is 2.97. The number of ether oxygens (including phenoxy) is 1. The second kappa shape index (κ2) is 5.01. The Labute approximate surface area is 131 Å². The average molecular weight is 309 g/mol. The number of hydrogen-bond acceptors (Lipinski definition) is 3. The van der Waals surface area contributed by atoms with Gasteiger partial charge in [-0.2, -0.15) is 0 Å². The predicted octanol–water partition coefficient (Wildman–Crippen LogP) is 2.58. The number of hydrogen-bond donors (Lipinski definition) is 3. The Morgan fingerprint density at radius 2 is 2.04 bits per heavy atom. The Morgan fingerprint density at radius 1 is 1.22 bits per heavy atom. The SMILES string of the molecule is CCOC(=O)c1cc2c([nH]1)-c1[nH]c3ccccc3c1C(=O)NC2. The van der Waals surface area contributed by atoms with Gasteiger partial charge >= 0.3 is 5.97 Å². The molecule has 116 valence electrons. The number of esters is 1. The topological polar surface area (TPSA) is 87.0 Å². The van der Waals surface area contributed by atoms with Crippen LogP contribution in [0.4, 0.5) is 0 Å². The monoisotopic (exact) mass is 309 g/mol. The smallest absolute Gasteiger partial charge is 0.354 e. The minimum absolute atomic E-state index is 0.125. The van der Waals surface area contributed by atoms with E-state index in [1.54, 1.807) is 13.0 Å². The second-order valence-corrected chi connectivity index (χ2v) is 5.41. The van der Waals surface area contributed by atoms with Crippen LogP contribution in [0.15, 0.2) is 30.3 Å². The first-order valence-corrected chi connectivity index (χ1v) is 7.47. The fourth-order valence-electron chi connectivity index (χ4n) is 3.01. The lowest BCUT2D eigenvalue weighted by atomic mass is 10.1. The first-order chi connectivity index (χ1) is 11.2. The third-order valence-corrected chi connectivity index (χ3v) is 4.02. The summed E-state index contributed by atoms with van der Waals surface area (Å²) in [6.45, 7) is 2.44. The third kappa shape index (κ3) is 2.03. The lowest BCUT2D eigenvalue weighted by Gasteiger charge is -2.01. The van der Waals surface area contributed by atoms with E-state index in [0.717, 1.165) is 22.2 Å². The van der Waals surface area contributed by atoms with E-state index in [1.807, 2.05) is 24.3 Å². The zero-order valence-corrected chi connectivity index (χ0v) is 12.5. The molecule has 2 aromatic heterocycles. The Morgan fingerprint density at radius 3 is 2.87 bits per heavy atom. The number of carbonyl (C=O) groups excluding carboxylic acids is 2. The van der Waals surface area contributed by atoms with Gasteiger partial charge in [0.25, 0.3) is 5.91 Å². The summed E-state index contributed by atoms with van der Waals surface area (Å²) in [5, 5.41) is 3.75. The number of nitrogens with one attached hydrogen (secondary N) is 3. The van der Waals surface area contributed by atoms with Crippen LogP contribution in [-0.2, 0) is 11.3 Å². The molecule has 0 saturated carbocycles. The summed E-state index contributed by atoms with van der Waals surface area (Å²) >= 11 is 0. The van der Waals surface area contributed by atoms with Crippen LogP contribution >= 0.6 is 0 Å². The molecule has 23 heavy (non-hydrogen) atoms. The van der Waals surface area contributed by atoms with E-state index in [0.29, 0.717) is 30.1 Å². The van der Waals surface area contributed by atoms with Crippen molar-refractivity contribution >= 4 is 22.8 Å². The van der Waals surface area contributed by atoms with Gasteiger partial charge in [-0.05, 0) is 24.6 Å². The van der Waals surface area contributed by atoms with Crippen LogP contribution in [0.1, 0.15) is 33.3 Å². The molecule has 3 N–H and O–H groups in total. The normalized spacial score (nSPS) is 13.2. The molecule has 1 aromatic carbocycles. The van der Waals surface area contributed by atoms with Gasteiger partial charge in [-0.1, -0.05) is 18.2 Å². The number of carbonyl (C=O) groups is 2. The van der Waals surface area contributed by atoms with Crippen LogP contribution in [-0.4, -0.2) is 28.5 Å². The molecule has 0 spiro atoms. The minimum Gasteiger partial charge on any atom is -0.461 e. The van der Waals surface area contributed by atoms with Crippen molar-refractivity contribution in [2.24, 2.45) is 0 Å². The Bertz CT molecular complexity index is 936. The first kappa shape index (κ1) is 13.6. The Balaban J connectivity index is 1.93. The summed E-state index contributed by atoms with van der Waals surface area (Å²) in [5.74, 6) is -0.524. The summed E-state index contributed by atoms with van der Waals surface area (Å²) in [6, 6.07) is 9.37. The number of rotatable bonds is 2. The molecule has 0 saturated heterocycles. The lowest BCUT2D eigenvalue weighted by molar-refractivity contribution is 0.0520. The minimum atomic E-state index is -0.399. The van der Waals surface area contributed by atoms with Crippen LogP contribution in [0.3, 0.4) is 0 Å². The molecule has 0 bridgehead atoms. The van der Waals surface area contributed by atoms with Gasteiger partial charge in [-0.25, -0.2) is 4.79 Å². The van der Waals surface area contributed by atoms with E-state index in [4.69, 9.17) is 4.74 Å². The fourth-order valence-corrected chi connectivity index (χ4v) is 3.01. The molecule has 3 aromatic rings. The van der Waals surface area contributed by atoms with Crippen LogP contribution in [0.2, 0.25) is 0 Å². The molecule has 1 amide bonds. The molecule has 3 heterocycles. The second-order valence-electron chi connectivity index (χ2n) is 5.41. The lowest BCUT2D eigenvalue weighted by Crippen LogP contribution is -2.21. The van der Waals surface area contributed by atoms with Gasteiger partial charge in [0.2, 0.25) is 0 Å². The molecule has 0 aliphatic carbocycles. The van der Waals surface area contributed by atoms with Gasteiger partial charge in [0.05, 0.1) is 23.6 Å². The number of H-pyrrole nitrogens is 2. The number of aromatic amines is 2. The number of para-hydroxylation sites is 1. The maximum Gasteiger partial charge on any atom is 0.354 e. The maximum atomic E-state index is 12.4. The summed E-state index contributed by atoms with van der Waals surface area (Å²) in [5.41, 5.74) is 4.16. The van der Waals surface area contributed by atoms with Gasteiger partial charge in [0, 0.05) is 17.4 Å². The summed E-state index contributed by atoms with van der Waals surface area (Å²) < 4.78 is 5.04. The van der Waals surface area contributed by atoms with Crippen molar-refractivity contribution in [3.8, 4) is 11.4 Å². The van der Waals surface area contributed by atoms with Crippen LogP contribution in [0.25, 0.3) is 22.3 Å². The predicted molar refractivity (Wildman–Crippen MR) is 85.2 cm³/mol. The molecule has 0 atom stereocenters. The number of aromatic nitrogens is 2. The van der Waals surface area contributed by atoms with Crippen molar-refractivity contribution in [2.75, 3.05) is 6.61 Å². The van der Waals surface area contributed by atoms with E-state index < -0.39 is 5.97 Å². The first-order valence-electron chi connectivity index (χ1n) is 7.47. The average Bonchev–Trinajstić information content (AvgIpc) is 3.11. The molecule has 6 nitrogen and oxygen atoms in total. The fraction of sp³-hybridized carbons (Fsp3) is 0.176. The standard InChI is InChI=1S/C17H15N3O3/c1-2-23-17(22)12-7-9-8-18-16(21)13-10-5-3-4-6-11(10)19-15(13)14(9)20-12/h3-7,19-20H,2,8H2,1H3,(H,18,21). The van der Waals surface area contributed by atoms with Crippen molar-refractivity contribution in [3.63, 3.8) is 0 Å². The van der Waals surface area contributed by atoms with Crippen LogP contribution in [0.5, 0.6) is 0 Å². The van der Waals surface area contributed by atoms with Crippen molar-refractivity contribution < 1.29 is 14.3 Å².